The lowest BCUT2D eigenvalue weighted by Crippen LogP contribution is -2.11. The Balaban J connectivity index is 2.15. The molecular weight excluding hydrogens is 176 g/mol. The number of aliphatic hydroxyl groups excluding tert-OH is 1. The zero-order chi connectivity index (χ0) is 9.60. The summed E-state index contributed by atoms with van der Waals surface area (Å²) >= 11 is 0. The van der Waals surface area contributed by atoms with Gasteiger partial charge in [-0.15, -0.1) is 0 Å². The summed E-state index contributed by atoms with van der Waals surface area (Å²) < 4.78 is 2.01. The maximum Gasteiger partial charge on any atom is 0.136 e. The van der Waals surface area contributed by atoms with E-state index in [4.69, 9.17) is 0 Å². The van der Waals surface area contributed by atoms with Crippen molar-refractivity contribution in [2.24, 2.45) is 0 Å². The molecule has 2 aromatic heterocycles. The monoisotopic (exact) mass is 188 g/mol. The quantitative estimate of drug-likeness (QED) is 0.772. The summed E-state index contributed by atoms with van der Waals surface area (Å²) in [6.45, 7) is 0.219. The number of hydrogen-bond acceptors (Lipinski definition) is 2. The van der Waals surface area contributed by atoms with Crippen LogP contribution in [0.2, 0.25) is 0 Å². The molecule has 2 heterocycles. The molecule has 1 aliphatic carbocycles. The topological polar surface area (TPSA) is 37.5 Å². The maximum atomic E-state index is 9.29. The predicted octanol–water partition coefficient (Wildman–Crippen LogP) is 1.36. The Morgan fingerprint density at radius 2 is 2.29 bits per heavy atom. The van der Waals surface area contributed by atoms with Crippen molar-refractivity contribution >= 4 is 5.65 Å². The molecular formula is C11H12N2O. The van der Waals surface area contributed by atoms with Gasteiger partial charge in [0.05, 0.1) is 12.3 Å². The molecule has 0 bridgehead atoms. The van der Waals surface area contributed by atoms with Gasteiger partial charge >= 0.3 is 0 Å². The largest absolute Gasteiger partial charge is 0.395 e. The summed E-state index contributed by atoms with van der Waals surface area (Å²) in [5.74, 6) is 0. The van der Waals surface area contributed by atoms with Crippen LogP contribution in [0.25, 0.3) is 5.65 Å². The molecule has 3 rings (SSSR count). The Morgan fingerprint density at radius 3 is 2.93 bits per heavy atom. The molecule has 0 radical (unpaired) electrons. The number of rotatable bonds is 2. The van der Waals surface area contributed by atoms with Crippen molar-refractivity contribution in [3.8, 4) is 0 Å². The molecule has 72 valence electrons. The summed E-state index contributed by atoms with van der Waals surface area (Å²) in [5, 5.41) is 9.29. The van der Waals surface area contributed by atoms with E-state index in [1.54, 1.807) is 0 Å². The van der Waals surface area contributed by atoms with Crippen LogP contribution >= 0.6 is 0 Å². The van der Waals surface area contributed by atoms with Crippen molar-refractivity contribution in [1.29, 1.82) is 0 Å². The highest BCUT2D eigenvalue weighted by atomic mass is 16.3. The fraction of sp³-hybridized carbons (Fsp3) is 0.364. The average Bonchev–Trinajstić information content (AvgIpc) is 2.91. The van der Waals surface area contributed by atoms with E-state index in [2.05, 4.69) is 4.98 Å². The number of imidazole rings is 1. The summed E-state index contributed by atoms with van der Waals surface area (Å²) in [4.78, 5) is 4.52. The highest BCUT2D eigenvalue weighted by Crippen LogP contribution is 2.46. The Bertz CT molecular complexity index is 438. The van der Waals surface area contributed by atoms with Gasteiger partial charge < -0.3 is 9.51 Å². The molecule has 1 aliphatic rings. The standard InChI is InChI=1S/C11H12N2O/c14-8-11(4-5-11)9-7-13-6-2-1-3-10(13)12-9/h1-3,6-7,14H,4-5,8H2. The number of hydrogen-bond donors (Lipinski definition) is 1. The molecule has 1 N–H and O–H groups in total. The van der Waals surface area contributed by atoms with Gasteiger partial charge in [-0.2, -0.15) is 0 Å². The van der Waals surface area contributed by atoms with Crippen LogP contribution in [0, 0.1) is 0 Å². The highest BCUT2D eigenvalue weighted by molar-refractivity contribution is 5.42. The average molecular weight is 188 g/mol. The van der Waals surface area contributed by atoms with Gasteiger partial charge in [-0.1, -0.05) is 6.07 Å². The Hall–Kier alpha value is -1.35. The zero-order valence-electron chi connectivity index (χ0n) is 7.85. The zero-order valence-corrected chi connectivity index (χ0v) is 7.85. The summed E-state index contributed by atoms with van der Waals surface area (Å²) in [7, 11) is 0. The van der Waals surface area contributed by atoms with Gasteiger partial charge in [-0.3, -0.25) is 0 Å². The minimum absolute atomic E-state index is 0.0218. The first-order valence-corrected chi connectivity index (χ1v) is 4.89. The van der Waals surface area contributed by atoms with Gasteiger partial charge in [-0.25, -0.2) is 4.98 Å². The third-order valence-electron chi connectivity index (χ3n) is 3.06. The second-order valence-corrected chi connectivity index (χ2v) is 4.03. The van der Waals surface area contributed by atoms with E-state index >= 15 is 0 Å². The number of aliphatic hydroxyl groups is 1. The molecule has 2 aromatic rings. The molecule has 1 fully saturated rings. The van der Waals surface area contributed by atoms with Crippen molar-refractivity contribution in [2.45, 2.75) is 18.3 Å². The fourth-order valence-electron chi connectivity index (χ4n) is 1.84. The van der Waals surface area contributed by atoms with Crippen molar-refractivity contribution in [3.63, 3.8) is 0 Å². The van der Waals surface area contributed by atoms with Gasteiger partial charge in [-0.05, 0) is 25.0 Å². The lowest BCUT2D eigenvalue weighted by atomic mass is 10.1. The third-order valence-corrected chi connectivity index (χ3v) is 3.06. The first-order chi connectivity index (χ1) is 6.84. The van der Waals surface area contributed by atoms with Crippen molar-refractivity contribution < 1.29 is 5.11 Å². The van der Waals surface area contributed by atoms with E-state index in [0.717, 1.165) is 24.2 Å². The first-order valence-electron chi connectivity index (χ1n) is 4.89. The van der Waals surface area contributed by atoms with Crippen LogP contribution in [0.4, 0.5) is 0 Å². The van der Waals surface area contributed by atoms with Crippen molar-refractivity contribution in [2.75, 3.05) is 6.61 Å². The Kier molecular flexibility index (Phi) is 1.47. The van der Waals surface area contributed by atoms with Crippen LogP contribution in [0.3, 0.4) is 0 Å². The van der Waals surface area contributed by atoms with Crippen LogP contribution in [0.1, 0.15) is 18.5 Å². The fourth-order valence-corrected chi connectivity index (χ4v) is 1.84. The van der Waals surface area contributed by atoms with Gasteiger partial charge in [0.15, 0.2) is 0 Å². The van der Waals surface area contributed by atoms with Crippen LogP contribution in [-0.4, -0.2) is 21.1 Å². The van der Waals surface area contributed by atoms with Crippen LogP contribution in [0.5, 0.6) is 0 Å². The normalized spacial score (nSPS) is 18.6. The van der Waals surface area contributed by atoms with Gasteiger partial charge in [0.2, 0.25) is 0 Å². The molecule has 14 heavy (non-hydrogen) atoms. The van der Waals surface area contributed by atoms with Crippen LogP contribution in [-0.2, 0) is 5.41 Å². The summed E-state index contributed by atoms with van der Waals surface area (Å²) in [5.41, 5.74) is 1.97. The first kappa shape index (κ1) is 8.00. The van der Waals surface area contributed by atoms with E-state index in [9.17, 15) is 5.11 Å². The maximum absolute atomic E-state index is 9.29. The van der Waals surface area contributed by atoms with Gasteiger partial charge in [0.1, 0.15) is 5.65 Å². The highest BCUT2D eigenvalue weighted by Gasteiger charge is 2.45. The number of pyridine rings is 1. The molecule has 1 saturated carbocycles. The third kappa shape index (κ3) is 0.990. The van der Waals surface area contributed by atoms with E-state index < -0.39 is 0 Å². The van der Waals surface area contributed by atoms with E-state index in [1.807, 2.05) is 35.0 Å². The minimum Gasteiger partial charge on any atom is -0.395 e. The second-order valence-electron chi connectivity index (χ2n) is 4.03. The second kappa shape index (κ2) is 2.58. The minimum atomic E-state index is -0.0218. The van der Waals surface area contributed by atoms with Gasteiger partial charge in [0, 0.05) is 17.8 Å². The number of nitrogens with zero attached hydrogens (tertiary/aromatic N) is 2. The molecule has 0 atom stereocenters. The number of fused-ring (bicyclic) bond motifs is 1. The summed E-state index contributed by atoms with van der Waals surface area (Å²) in [6.07, 6.45) is 6.14. The molecule has 0 saturated heterocycles. The molecule has 0 spiro atoms. The molecule has 0 unspecified atom stereocenters. The van der Waals surface area contributed by atoms with E-state index in [1.165, 1.54) is 0 Å². The van der Waals surface area contributed by atoms with Crippen molar-refractivity contribution in [3.05, 3.63) is 36.3 Å². The SMILES string of the molecule is OCC1(c2cn3ccccc3n2)CC1. The smallest absolute Gasteiger partial charge is 0.136 e. The lowest BCUT2D eigenvalue weighted by Gasteiger charge is -2.05. The molecule has 0 aliphatic heterocycles. The molecule has 3 heteroatoms. The lowest BCUT2D eigenvalue weighted by molar-refractivity contribution is 0.253. The van der Waals surface area contributed by atoms with Gasteiger partial charge in [0.25, 0.3) is 0 Å². The van der Waals surface area contributed by atoms with Crippen molar-refractivity contribution in [1.82, 2.24) is 9.38 Å². The molecule has 0 aromatic carbocycles. The molecule has 3 nitrogen and oxygen atoms in total. The van der Waals surface area contributed by atoms with Crippen LogP contribution < -0.4 is 0 Å². The molecule has 0 amide bonds. The summed E-state index contributed by atoms with van der Waals surface area (Å²) in [6, 6.07) is 5.94. The van der Waals surface area contributed by atoms with Crippen LogP contribution in [0.15, 0.2) is 30.6 Å². The Labute approximate surface area is 82.0 Å². The number of aromatic nitrogens is 2. The Morgan fingerprint density at radius 1 is 1.43 bits per heavy atom. The predicted molar refractivity (Wildman–Crippen MR) is 53.2 cm³/mol. The van der Waals surface area contributed by atoms with E-state index in [0.29, 0.717) is 0 Å². The van der Waals surface area contributed by atoms with E-state index in [-0.39, 0.29) is 12.0 Å².